The van der Waals surface area contributed by atoms with Crippen molar-refractivity contribution in [2.45, 2.75) is 19.8 Å². The molecule has 0 atom stereocenters. The van der Waals surface area contributed by atoms with Gasteiger partial charge in [-0.15, -0.1) is 0 Å². The summed E-state index contributed by atoms with van der Waals surface area (Å²) in [5.74, 6) is 0.751. The Bertz CT molecular complexity index is 1140. The summed E-state index contributed by atoms with van der Waals surface area (Å²) in [5, 5.41) is 12.3. The van der Waals surface area contributed by atoms with Gasteiger partial charge in [0.2, 0.25) is 0 Å². The summed E-state index contributed by atoms with van der Waals surface area (Å²) in [6, 6.07) is 0. The first-order valence-corrected chi connectivity index (χ1v) is 11.0. The molecule has 5 rings (SSSR count). The Kier molecular flexibility index (Phi) is 5.01. The van der Waals surface area contributed by atoms with Gasteiger partial charge in [-0.05, 0) is 50.0 Å². The van der Waals surface area contributed by atoms with Gasteiger partial charge in [0.15, 0.2) is 11.5 Å². The summed E-state index contributed by atoms with van der Waals surface area (Å²) >= 11 is 1.49. The molecule has 0 unspecified atom stereocenters. The van der Waals surface area contributed by atoms with Crippen LogP contribution in [0.3, 0.4) is 0 Å². The van der Waals surface area contributed by atoms with E-state index in [-0.39, 0.29) is 0 Å². The highest BCUT2D eigenvalue weighted by molar-refractivity contribution is 7.10. The minimum Gasteiger partial charge on any atom is -0.327 e. The molecule has 0 aliphatic carbocycles. The molecule has 3 aromatic rings. The maximum Gasteiger partial charge on any atom is 0.180 e. The number of hydrogen-bond donors (Lipinski definition) is 2. The van der Waals surface area contributed by atoms with Crippen LogP contribution in [-0.4, -0.2) is 62.5 Å². The number of aryl methyl sites for hydroxylation is 1. The van der Waals surface area contributed by atoms with Crippen molar-refractivity contribution in [3.63, 3.8) is 0 Å². The fourth-order valence-electron chi connectivity index (χ4n) is 4.08. The van der Waals surface area contributed by atoms with E-state index >= 15 is 0 Å². The van der Waals surface area contributed by atoms with Crippen LogP contribution >= 0.6 is 11.5 Å². The molecule has 2 aliphatic heterocycles. The lowest BCUT2D eigenvalue weighted by atomic mass is 10.0. The first-order chi connectivity index (χ1) is 14.6. The molecule has 0 aromatic carbocycles. The Morgan fingerprint density at radius 3 is 2.90 bits per heavy atom. The number of nitrogens with one attached hydrogen (secondary N) is 2. The predicted molar refractivity (Wildman–Crippen MR) is 122 cm³/mol. The Labute approximate surface area is 180 Å². The summed E-state index contributed by atoms with van der Waals surface area (Å²) in [5.41, 5.74) is 6.76. The summed E-state index contributed by atoms with van der Waals surface area (Å²) < 4.78 is 6.73. The second kappa shape index (κ2) is 7.82. The van der Waals surface area contributed by atoms with Crippen molar-refractivity contribution < 1.29 is 0 Å². The number of rotatable bonds is 4. The molecule has 0 spiro atoms. The lowest BCUT2D eigenvalue weighted by Gasteiger charge is -2.18. The van der Waals surface area contributed by atoms with Crippen LogP contribution < -0.4 is 10.6 Å². The molecule has 9 heteroatoms. The van der Waals surface area contributed by atoms with Gasteiger partial charge in [-0.2, -0.15) is 4.37 Å². The van der Waals surface area contributed by atoms with Gasteiger partial charge in [-0.25, -0.2) is 15.0 Å². The van der Waals surface area contributed by atoms with Gasteiger partial charge in [0.25, 0.3) is 0 Å². The molecule has 30 heavy (non-hydrogen) atoms. The maximum absolute atomic E-state index is 4.69. The van der Waals surface area contributed by atoms with Crippen LogP contribution in [0, 0.1) is 6.92 Å². The second-order valence-electron chi connectivity index (χ2n) is 7.77. The smallest absolute Gasteiger partial charge is 0.180 e. The van der Waals surface area contributed by atoms with Crippen molar-refractivity contribution in [2.75, 3.05) is 39.0 Å². The largest absolute Gasteiger partial charge is 0.327 e. The van der Waals surface area contributed by atoms with Crippen molar-refractivity contribution in [1.82, 2.24) is 34.1 Å². The molecule has 0 radical (unpaired) electrons. The van der Waals surface area contributed by atoms with E-state index in [1.54, 1.807) is 0 Å². The van der Waals surface area contributed by atoms with E-state index < -0.39 is 0 Å². The lowest BCUT2D eigenvalue weighted by Crippen LogP contribution is -2.27. The Hall–Kier alpha value is -2.75. The fourth-order valence-corrected chi connectivity index (χ4v) is 4.91. The summed E-state index contributed by atoms with van der Waals surface area (Å²) in [6.07, 6.45) is 12.3. The number of aromatic nitrogens is 4. The normalized spacial score (nSPS) is 17.9. The highest BCUT2D eigenvalue weighted by atomic mass is 32.1. The fraction of sp³-hybridized carbons (Fsp3) is 0.381. The van der Waals surface area contributed by atoms with Gasteiger partial charge >= 0.3 is 0 Å². The maximum atomic E-state index is 4.69. The van der Waals surface area contributed by atoms with Gasteiger partial charge in [-0.1, -0.05) is 6.08 Å². The summed E-state index contributed by atoms with van der Waals surface area (Å²) in [7, 11) is 4.13. The number of nitrogens with zero attached hydrogens (tertiary/aromatic N) is 6. The van der Waals surface area contributed by atoms with E-state index in [9.17, 15) is 0 Å². The van der Waals surface area contributed by atoms with Crippen molar-refractivity contribution >= 4 is 39.1 Å². The van der Waals surface area contributed by atoms with Gasteiger partial charge in [0.05, 0.1) is 17.6 Å². The number of fused-ring (bicyclic) bond motifs is 1. The molecular formula is C21H26N8S. The quantitative estimate of drug-likeness (QED) is 0.669. The van der Waals surface area contributed by atoms with Crippen LogP contribution in [0.1, 0.15) is 29.8 Å². The number of likely N-dealkylation sites (N-methyl/N-ethyl adjacent to an activating group) is 1. The molecule has 2 N–H and O–H groups in total. The number of anilines is 2. The molecule has 2 aliphatic rings. The molecule has 0 amide bonds. The van der Waals surface area contributed by atoms with Gasteiger partial charge in [-0.3, -0.25) is 4.40 Å². The van der Waals surface area contributed by atoms with Crippen LogP contribution in [0.2, 0.25) is 0 Å². The molecule has 3 aromatic heterocycles. The van der Waals surface area contributed by atoms with E-state index in [0.29, 0.717) is 0 Å². The Balaban J connectivity index is 1.50. The van der Waals surface area contributed by atoms with E-state index in [1.807, 2.05) is 18.6 Å². The second-order valence-corrected chi connectivity index (χ2v) is 8.55. The molecule has 0 saturated heterocycles. The third-order valence-corrected chi connectivity index (χ3v) is 6.59. The van der Waals surface area contributed by atoms with Crippen LogP contribution in [-0.2, 0) is 0 Å². The van der Waals surface area contributed by atoms with Crippen molar-refractivity contribution in [3.8, 4) is 0 Å². The molecule has 0 saturated carbocycles. The minimum absolute atomic E-state index is 0.751. The minimum atomic E-state index is 0.751. The number of hydrazine groups is 1. The number of hydrogen-bond acceptors (Lipinski definition) is 8. The Morgan fingerprint density at radius 2 is 2.07 bits per heavy atom. The molecular weight excluding hydrogens is 396 g/mol. The summed E-state index contributed by atoms with van der Waals surface area (Å²) in [6.45, 7) is 4.96. The highest BCUT2D eigenvalue weighted by Gasteiger charge is 2.21. The molecule has 0 fully saturated rings. The molecule has 0 bridgehead atoms. The zero-order valence-corrected chi connectivity index (χ0v) is 18.3. The monoisotopic (exact) mass is 422 g/mol. The van der Waals surface area contributed by atoms with Crippen molar-refractivity contribution in [3.05, 3.63) is 47.8 Å². The van der Waals surface area contributed by atoms with E-state index in [4.69, 9.17) is 4.98 Å². The van der Waals surface area contributed by atoms with Crippen LogP contribution in [0.25, 0.3) is 16.8 Å². The summed E-state index contributed by atoms with van der Waals surface area (Å²) in [4.78, 5) is 9.29. The van der Waals surface area contributed by atoms with Crippen LogP contribution in [0.15, 0.2) is 30.9 Å². The van der Waals surface area contributed by atoms with Gasteiger partial charge in [0.1, 0.15) is 5.00 Å². The van der Waals surface area contributed by atoms with E-state index in [0.717, 1.165) is 60.3 Å². The van der Waals surface area contributed by atoms with E-state index in [1.165, 1.54) is 28.2 Å². The van der Waals surface area contributed by atoms with Gasteiger partial charge < -0.3 is 15.6 Å². The predicted octanol–water partition coefficient (Wildman–Crippen LogP) is 3.14. The lowest BCUT2D eigenvalue weighted by molar-refractivity contribution is 0.118. The van der Waals surface area contributed by atoms with Crippen molar-refractivity contribution in [2.24, 2.45) is 0 Å². The SMILES string of the molecule is Cc1nsc(Nc2nccn3c(C4=CN(C)N(C)C4)cnc23)c1C1=CCCNCC1. The van der Waals surface area contributed by atoms with Crippen molar-refractivity contribution in [1.29, 1.82) is 0 Å². The standard InChI is InChI=1S/C21H26N8S/c1-14-18(15-5-4-7-22-8-6-15)21(30-26-14)25-19-20-24-11-17(29(20)10-9-23-19)16-12-27(2)28(3)13-16/h5,9-12,22H,4,6-8,13H2,1-3H3,(H,23,25). The third kappa shape index (κ3) is 3.38. The van der Waals surface area contributed by atoms with Crippen LogP contribution in [0.4, 0.5) is 10.8 Å². The van der Waals surface area contributed by atoms with Gasteiger partial charge in [0, 0.05) is 50.4 Å². The number of imidazole rings is 1. The third-order valence-electron chi connectivity index (χ3n) is 5.74. The first kappa shape index (κ1) is 19.2. The average Bonchev–Trinajstić information content (AvgIpc) is 3.34. The van der Waals surface area contributed by atoms with E-state index in [2.05, 4.69) is 67.7 Å². The molecule has 156 valence electrons. The zero-order chi connectivity index (χ0) is 20.7. The topological polar surface area (TPSA) is 73.6 Å². The zero-order valence-electron chi connectivity index (χ0n) is 17.5. The Morgan fingerprint density at radius 1 is 1.17 bits per heavy atom. The average molecular weight is 423 g/mol. The highest BCUT2D eigenvalue weighted by Crippen LogP contribution is 2.36. The first-order valence-electron chi connectivity index (χ1n) is 10.2. The molecule has 8 nitrogen and oxygen atoms in total. The van der Waals surface area contributed by atoms with Crippen LogP contribution in [0.5, 0.6) is 0 Å². The molecule has 5 heterocycles.